The maximum absolute atomic E-state index is 5.28. The van der Waals surface area contributed by atoms with E-state index in [0.29, 0.717) is 6.54 Å². The molecule has 0 fully saturated rings. The summed E-state index contributed by atoms with van der Waals surface area (Å²) in [4.78, 5) is 9.28. The molecule has 1 N–H and O–H groups in total. The van der Waals surface area contributed by atoms with Gasteiger partial charge in [0.2, 0.25) is 0 Å². The number of nitrogens with zero attached hydrogens (tertiary/aromatic N) is 4. The van der Waals surface area contributed by atoms with E-state index in [0.717, 1.165) is 33.3 Å². The summed E-state index contributed by atoms with van der Waals surface area (Å²) in [6.07, 6.45) is 3.81. The zero-order chi connectivity index (χ0) is 18.0. The van der Waals surface area contributed by atoms with E-state index < -0.39 is 0 Å². The predicted octanol–water partition coefficient (Wildman–Crippen LogP) is 3.92. The van der Waals surface area contributed by atoms with Gasteiger partial charge in [-0.3, -0.25) is 0 Å². The first-order valence-electron chi connectivity index (χ1n) is 8.09. The third-order valence-corrected chi connectivity index (χ3v) is 4.37. The van der Waals surface area contributed by atoms with Crippen molar-refractivity contribution >= 4 is 28.6 Å². The largest absolute Gasteiger partial charge is 0.497 e. The molecule has 1 aromatic carbocycles. The van der Waals surface area contributed by atoms with E-state index in [1.54, 1.807) is 7.11 Å². The van der Waals surface area contributed by atoms with E-state index >= 15 is 0 Å². The second-order valence-corrected chi connectivity index (χ2v) is 7.50. The highest BCUT2D eigenvalue weighted by molar-refractivity contribution is 7.98. The number of nitrogens with one attached hydrogen (secondary N) is 1. The van der Waals surface area contributed by atoms with E-state index in [9.17, 15) is 0 Å². The smallest absolute Gasteiger partial charge is 0.191 e. The predicted molar refractivity (Wildman–Crippen MR) is 102 cm³/mol. The van der Waals surface area contributed by atoms with Crippen molar-refractivity contribution in [1.29, 1.82) is 0 Å². The number of methoxy groups -OCH3 is 1. The first kappa shape index (κ1) is 17.5. The molecule has 25 heavy (non-hydrogen) atoms. The van der Waals surface area contributed by atoms with Crippen LogP contribution in [0, 0.1) is 0 Å². The number of rotatable bonds is 5. The van der Waals surface area contributed by atoms with E-state index in [2.05, 4.69) is 47.2 Å². The highest BCUT2D eigenvalue weighted by atomic mass is 32.2. The van der Waals surface area contributed by atoms with Gasteiger partial charge in [-0.25, -0.2) is 14.6 Å². The van der Waals surface area contributed by atoms with Crippen molar-refractivity contribution in [2.45, 2.75) is 38.0 Å². The van der Waals surface area contributed by atoms with E-state index in [4.69, 9.17) is 4.74 Å². The highest BCUT2D eigenvalue weighted by Crippen LogP contribution is 2.27. The van der Waals surface area contributed by atoms with Crippen molar-refractivity contribution in [2.75, 3.05) is 18.7 Å². The van der Waals surface area contributed by atoms with Crippen LogP contribution in [0.15, 0.2) is 35.6 Å². The van der Waals surface area contributed by atoms with Gasteiger partial charge in [-0.05, 0) is 44.7 Å². The van der Waals surface area contributed by atoms with E-state index in [1.165, 1.54) is 11.8 Å². The summed E-state index contributed by atoms with van der Waals surface area (Å²) < 4.78 is 7.23. The molecule has 0 saturated heterocycles. The van der Waals surface area contributed by atoms with Gasteiger partial charge in [0, 0.05) is 6.54 Å². The SMILES string of the molecule is COc1cccc(CNc2nc(SC)nc3c2cnn3C(C)(C)C)c1. The van der Waals surface area contributed by atoms with Gasteiger partial charge >= 0.3 is 0 Å². The van der Waals surface area contributed by atoms with Crippen LogP contribution in [0.3, 0.4) is 0 Å². The number of hydrogen-bond acceptors (Lipinski definition) is 6. The van der Waals surface area contributed by atoms with Crippen molar-refractivity contribution in [1.82, 2.24) is 19.7 Å². The van der Waals surface area contributed by atoms with Crippen LogP contribution in [0.25, 0.3) is 11.0 Å². The zero-order valence-electron chi connectivity index (χ0n) is 15.2. The Bertz CT molecular complexity index is 885. The molecule has 2 aromatic heterocycles. The van der Waals surface area contributed by atoms with E-state index in [-0.39, 0.29) is 5.54 Å². The molecule has 132 valence electrons. The molecule has 0 aliphatic carbocycles. The Kier molecular flexibility index (Phi) is 4.85. The molecule has 0 unspecified atom stereocenters. The minimum absolute atomic E-state index is 0.143. The normalized spacial score (nSPS) is 11.7. The summed E-state index contributed by atoms with van der Waals surface area (Å²) in [5, 5.41) is 9.61. The molecule has 3 rings (SSSR count). The summed E-state index contributed by atoms with van der Waals surface area (Å²) in [5.41, 5.74) is 1.83. The molecule has 0 aliphatic heterocycles. The molecule has 0 aliphatic rings. The van der Waals surface area contributed by atoms with Crippen molar-refractivity contribution in [3.05, 3.63) is 36.0 Å². The van der Waals surface area contributed by atoms with Crippen LogP contribution in [0.2, 0.25) is 0 Å². The molecular weight excluding hydrogens is 334 g/mol. The molecule has 7 heteroatoms. The van der Waals surface area contributed by atoms with Gasteiger partial charge in [-0.1, -0.05) is 23.9 Å². The third kappa shape index (κ3) is 3.71. The maximum atomic E-state index is 5.28. The van der Waals surface area contributed by atoms with Crippen LogP contribution in [-0.2, 0) is 12.1 Å². The molecule has 0 atom stereocenters. The van der Waals surface area contributed by atoms with Crippen molar-refractivity contribution in [2.24, 2.45) is 0 Å². The number of anilines is 1. The van der Waals surface area contributed by atoms with Crippen LogP contribution in [0.1, 0.15) is 26.3 Å². The Labute approximate surface area is 152 Å². The van der Waals surface area contributed by atoms with Crippen LogP contribution in [0.4, 0.5) is 5.82 Å². The molecule has 0 spiro atoms. The van der Waals surface area contributed by atoms with Crippen LogP contribution in [0.5, 0.6) is 5.75 Å². The fourth-order valence-electron chi connectivity index (χ4n) is 2.57. The standard InChI is InChI=1S/C18H23N5OS/c1-18(2,3)23-16-14(11-20-23)15(21-17(22-16)25-5)19-10-12-7-6-8-13(9-12)24-4/h6-9,11H,10H2,1-5H3,(H,19,21,22). The topological polar surface area (TPSA) is 64.9 Å². The Hall–Kier alpha value is -2.28. The molecule has 0 saturated carbocycles. The van der Waals surface area contributed by atoms with Crippen LogP contribution >= 0.6 is 11.8 Å². The Morgan fingerprint density at radius 3 is 2.72 bits per heavy atom. The van der Waals surface area contributed by atoms with Gasteiger partial charge in [0.1, 0.15) is 11.6 Å². The average molecular weight is 357 g/mol. The van der Waals surface area contributed by atoms with Gasteiger partial charge in [-0.15, -0.1) is 0 Å². The van der Waals surface area contributed by atoms with Gasteiger partial charge in [0.15, 0.2) is 10.8 Å². The Morgan fingerprint density at radius 1 is 1.24 bits per heavy atom. The summed E-state index contributed by atoms with van der Waals surface area (Å²) in [6, 6.07) is 7.99. The summed E-state index contributed by atoms with van der Waals surface area (Å²) >= 11 is 1.52. The lowest BCUT2D eigenvalue weighted by Crippen LogP contribution is -2.23. The van der Waals surface area contributed by atoms with Crippen LogP contribution < -0.4 is 10.1 Å². The monoisotopic (exact) mass is 357 g/mol. The number of aromatic nitrogens is 4. The van der Waals surface area contributed by atoms with E-state index in [1.807, 2.05) is 35.3 Å². The lowest BCUT2D eigenvalue weighted by Gasteiger charge is -2.20. The lowest BCUT2D eigenvalue weighted by atomic mass is 10.1. The second kappa shape index (κ2) is 6.92. The Morgan fingerprint density at radius 2 is 2.04 bits per heavy atom. The number of fused-ring (bicyclic) bond motifs is 1. The summed E-state index contributed by atoms with van der Waals surface area (Å²) in [7, 11) is 1.67. The van der Waals surface area contributed by atoms with Crippen molar-refractivity contribution < 1.29 is 4.74 Å². The average Bonchev–Trinajstić information content (AvgIpc) is 3.04. The number of ether oxygens (including phenoxy) is 1. The number of hydrogen-bond donors (Lipinski definition) is 1. The minimum Gasteiger partial charge on any atom is -0.497 e. The van der Waals surface area contributed by atoms with Gasteiger partial charge in [0.05, 0.1) is 24.2 Å². The van der Waals surface area contributed by atoms with Crippen molar-refractivity contribution in [3.8, 4) is 5.75 Å². The fourth-order valence-corrected chi connectivity index (χ4v) is 2.93. The Balaban J connectivity index is 1.96. The third-order valence-electron chi connectivity index (χ3n) is 3.82. The molecule has 0 bridgehead atoms. The minimum atomic E-state index is -0.143. The van der Waals surface area contributed by atoms with Crippen molar-refractivity contribution in [3.63, 3.8) is 0 Å². The molecule has 0 radical (unpaired) electrons. The molecule has 0 amide bonds. The van der Waals surface area contributed by atoms with Gasteiger partial charge in [0.25, 0.3) is 0 Å². The number of benzene rings is 1. The quantitative estimate of drug-likeness (QED) is 0.551. The fraction of sp³-hybridized carbons (Fsp3) is 0.389. The highest BCUT2D eigenvalue weighted by Gasteiger charge is 2.20. The molecule has 2 heterocycles. The first-order chi connectivity index (χ1) is 11.9. The zero-order valence-corrected chi connectivity index (χ0v) is 16.0. The lowest BCUT2D eigenvalue weighted by molar-refractivity contribution is 0.365. The maximum Gasteiger partial charge on any atom is 0.191 e. The number of thioether (sulfide) groups is 1. The van der Waals surface area contributed by atoms with Crippen LogP contribution in [-0.4, -0.2) is 33.1 Å². The molecule has 6 nitrogen and oxygen atoms in total. The molecule has 3 aromatic rings. The van der Waals surface area contributed by atoms with Gasteiger partial charge < -0.3 is 10.1 Å². The summed E-state index contributed by atoms with van der Waals surface area (Å²) in [5.74, 6) is 1.64. The van der Waals surface area contributed by atoms with Gasteiger partial charge in [-0.2, -0.15) is 5.10 Å². The summed E-state index contributed by atoms with van der Waals surface area (Å²) in [6.45, 7) is 6.99. The second-order valence-electron chi connectivity index (χ2n) is 6.73. The first-order valence-corrected chi connectivity index (χ1v) is 9.32. The molecular formula is C18H23N5OS.